The van der Waals surface area contributed by atoms with Crippen molar-refractivity contribution in [3.8, 4) is 5.75 Å². The minimum atomic E-state index is -0.273. The summed E-state index contributed by atoms with van der Waals surface area (Å²) in [6.45, 7) is 7.58. The van der Waals surface area contributed by atoms with Gasteiger partial charge in [0.25, 0.3) is 0 Å². The number of hydrogen-bond donors (Lipinski definition) is 0. The Balaban J connectivity index is 0.000000336. The molecule has 0 aromatic heterocycles. The van der Waals surface area contributed by atoms with Crippen molar-refractivity contribution in [2.24, 2.45) is 0 Å². The average Bonchev–Trinajstić information content (AvgIpc) is 2.21. The van der Waals surface area contributed by atoms with Crippen molar-refractivity contribution in [2.45, 2.75) is 34.1 Å². The predicted octanol–water partition coefficient (Wildman–Crippen LogP) is 3.92. The van der Waals surface area contributed by atoms with Gasteiger partial charge in [-0.25, -0.2) is 0 Å². The van der Waals surface area contributed by atoms with Gasteiger partial charge >= 0.3 is 0 Å². The Morgan fingerprint density at radius 3 is 2.00 bits per heavy atom. The third kappa shape index (κ3) is 4.84. The number of carbonyl (C=O) groups is 1. The molecular formula is C12H16ClO2. The van der Waals surface area contributed by atoms with Gasteiger partial charge in [-0.3, -0.25) is 9.90 Å². The van der Waals surface area contributed by atoms with Crippen molar-refractivity contribution in [1.29, 1.82) is 0 Å². The summed E-state index contributed by atoms with van der Waals surface area (Å²) >= 11 is 4.82. The Morgan fingerprint density at radius 2 is 1.67 bits per heavy atom. The molecule has 1 aromatic carbocycles. The lowest BCUT2D eigenvalue weighted by atomic mass is 10.0. The summed E-state index contributed by atoms with van der Waals surface area (Å²) in [4.78, 5) is 9.58. The molecule has 0 fully saturated rings. The molecule has 0 N–H and O–H groups in total. The minimum Gasteiger partial charge on any atom is -0.290 e. The van der Waals surface area contributed by atoms with Crippen LogP contribution in [0, 0.1) is 20.8 Å². The molecule has 0 amide bonds. The molecule has 83 valence electrons. The van der Waals surface area contributed by atoms with Crippen LogP contribution in [0.2, 0.25) is 0 Å². The van der Waals surface area contributed by atoms with E-state index in [1.54, 1.807) is 13.0 Å². The smallest absolute Gasteiger partial charge is 0.221 e. The largest absolute Gasteiger partial charge is 0.290 e. The molecule has 0 atom stereocenters. The fourth-order valence-electron chi connectivity index (χ4n) is 0.931. The molecule has 1 aromatic rings. The normalized spacial score (nSPS) is 9.13. The fraction of sp³-hybridized carbons (Fsp3) is 0.417. The van der Waals surface area contributed by atoms with E-state index in [-0.39, 0.29) is 11.0 Å². The van der Waals surface area contributed by atoms with E-state index in [9.17, 15) is 9.90 Å². The highest BCUT2D eigenvalue weighted by Gasteiger charge is 2.01. The molecule has 0 saturated carbocycles. The Bertz CT molecular complexity index is 319. The first-order valence-electron chi connectivity index (χ1n) is 4.82. The zero-order chi connectivity index (χ0) is 12.0. The maximum absolute atomic E-state index is 11.0. The first-order chi connectivity index (χ1) is 6.90. The van der Waals surface area contributed by atoms with Crippen LogP contribution in [0.5, 0.6) is 5.75 Å². The van der Waals surface area contributed by atoms with Crippen molar-refractivity contribution in [3.05, 3.63) is 28.8 Å². The number of rotatable bonds is 1. The van der Waals surface area contributed by atoms with E-state index < -0.39 is 0 Å². The van der Waals surface area contributed by atoms with Gasteiger partial charge in [0.1, 0.15) is 0 Å². The van der Waals surface area contributed by atoms with Crippen LogP contribution < -0.4 is 0 Å². The van der Waals surface area contributed by atoms with Gasteiger partial charge in [-0.05, 0) is 55.1 Å². The third-order valence-electron chi connectivity index (χ3n) is 2.29. The molecule has 3 heteroatoms. The second-order valence-electron chi connectivity index (χ2n) is 3.34. The van der Waals surface area contributed by atoms with Crippen molar-refractivity contribution < 1.29 is 9.90 Å². The van der Waals surface area contributed by atoms with Gasteiger partial charge in [-0.15, -0.1) is 0 Å². The van der Waals surface area contributed by atoms with Crippen LogP contribution >= 0.6 is 11.6 Å². The van der Waals surface area contributed by atoms with E-state index >= 15 is 0 Å². The van der Waals surface area contributed by atoms with E-state index in [1.807, 2.05) is 26.8 Å². The molecule has 2 nitrogen and oxygen atoms in total. The molecular weight excluding hydrogens is 212 g/mol. The van der Waals surface area contributed by atoms with Crippen LogP contribution in [-0.4, -0.2) is 5.24 Å². The van der Waals surface area contributed by atoms with E-state index in [0.29, 0.717) is 6.42 Å². The molecule has 0 unspecified atom stereocenters. The summed E-state index contributed by atoms with van der Waals surface area (Å²) in [6.07, 6.45) is 0.432. The summed E-state index contributed by atoms with van der Waals surface area (Å²) < 4.78 is 0. The first kappa shape index (κ1) is 14.0. The van der Waals surface area contributed by atoms with Crippen molar-refractivity contribution in [3.63, 3.8) is 0 Å². The van der Waals surface area contributed by atoms with E-state index in [0.717, 1.165) is 11.1 Å². The van der Waals surface area contributed by atoms with E-state index in [2.05, 4.69) is 0 Å². The number of hydrogen-bond acceptors (Lipinski definition) is 1. The van der Waals surface area contributed by atoms with Gasteiger partial charge in [-0.1, -0.05) is 13.0 Å². The van der Waals surface area contributed by atoms with Crippen LogP contribution in [0.15, 0.2) is 12.1 Å². The van der Waals surface area contributed by atoms with E-state index in [1.165, 1.54) is 5.56 Å². The van der Waals surface area contributed by atoms with Gasteiger partial charge in [0.15, 0.2) is 5.75 Å². The Morgan fingerprint density at radius 1 is 1.20 bits per heavy atom. The second kappa shape index (κ2) is 6.46. The molecule has 15 heavy (non-hydrogen) atoms. The van der Waals surface area contributed by atoms with Crippen LogP contribution in [0.3, 0.4) is 0 Å². The molecule has 0 spiro atoms. The summed E-state index contributed by atoms with van der Waals surface area (Å²) in [5, 5.41) is 10.7. The highest BCUT2D eigenvalue weighted by molar-refractivity contribution is 6.63. The van der Waals surface area contributed by atoms with Crippen LogP contribution in [0.1, 0.15) is 30.0 Å². The molecule has 1 rings (SSSR count). The lowest BCUT2D eigenvalue weighted by Gasteiger charge is -2.02. The first-order valence-corrected chi connectivity index (χ1v) is 5.20. The number of aryl methyl sites for hydroxylation is 1. The Hall–Kier alpha value is -1.02. The van der Waals surface area contributed by atoms with Crippen LogP contribution in [-0.2, 0) is 9.90 Å². The lowest BCUT2D eigenvalue weighted by Crippen LogP contribution is -1.84. The standard InChI is InChI=1S/C9H11O.C3H5ClO/c1-6-4-5-9(10)8(3)7(6)2;1-2-3(4)5/h4-5H,1-3H3;2H2,1H3. The van der Waals surface area contributed by atoms with Crippen molar-refractivity contribution in [1.82, 2.24) is 0 Å². The van der Waals surface area contributed by atoms with Crippen molar-refractivity contribution in [2.75, 3.05) is 0 Å². The topological polar surface area (TPSA) is 37.0 Å². The van der Waals surface area contributed by atoms with Gasteiger partial charge in [0.05, 0.1) is 0 Å². The summed E-state index contributed by atoms with van der Waals surface area (Å²) in [5.41, 5.74) is 3.18. The highest BCUT2D eigenvalue weighted by Crippen LogP contribution is 2.22. The Labute approximate surface area is 95.9 Å². The van der Waals surface area contributed by atoms with Crippen LogP contribution in [0.25, 0.3) is 0 Å². The average molecular weight is 228 g/mol. The SMILES string of the molecule is CCC(=O)Cl.Cc1ccc([O])c(C)c1C. The molecule has 0 aliphatic heterocycles. The van der Waals surface area contributed by atoms with Gasteiger partial charge < -0.3 is 0 Å². The predicted molar refractivity (Wildman–Crippen MR) is 61.9 cm³/mol. The van der Waals surface area contributed by atoms with E-state index in [4.69, 9.17) is 11.6 Å². The maximum atomic E-state index is 11.0. The summed E-state index contributed by atoms with van der Waals surface area (Å²) in [6, 6.07) is 3.49. The molecule has 0 bridgehead atoms. The molecule has 0 saturated heterocycles. The molecule has 1 radical (unpaired) electrons. The highest BCUT2D eigenvalue weighted by atomic mass is 35.5. The number of benzene rings is 1. The quantitative estimate of drug-likeness (QED) is 0.670. The third-order valence-corrected chi connectivity index (χ3v) is 2.55. The second-order valence-corrected chi connectivity index (χ2v) is 3.76. The monoisotopic (exact) mass is 227 g/mol. The van der Waals surface area contributed by atoms with Gasteiger partial charge in [0.2, 0.25) is 5.24 Å². The molecule has 0 aliphatic carbocycles. The maximum Gasteiger partial charge on any atom is 0.221 e. The number of carbonyl (C=O) groups excluding carboxylic acids is 1. The van der Waals surface area contributed by atoms with Gasteiger partial charge in [0, 0.05) is 6.42 Å². The fourth-order valence-corrected chi connectivity index (χ4v) is 0.931. The number of halogens is 1. The minimum absolute atomic E-state index is 0.142. The zero-order valence-corrected chi connectivity index (χ0v) is 10.3. The van der Waals surface area contributed by atoms with Gasteiger partial charge in [-0.2, -0.15) is 0 Å². The molecule has 0 aliphatic rings. The molecule has 0 heterocycles. The van der Waals surface area contributed by atoms with Crippen molar-refractivity contribution >= 4 is 16.8 Å². The Kier molecular flexibility index (Phi) is 6.02. The lowest BCUT2D eigenvalue weighted by molar-refractivity contribution is -0.111. The summed E-state index contributed by atoms with van der Waals surface area (Å²) in [7, 11) is 0. The van der Waals surface area contributed by atoms with Crippen LogP contribution in [0.4, 0.5) is 0 Å². The summed E-state index contributed by atoms with van der Waals surface area (Å²) in [5.74, 6) is 0.142. The zero-order valence-electron chi connectivity index (χ0n) is 9.56.